The predicted octanol–water partition coefficient (Wildman–Crippen LogP) is 4.51. The van der Waals surface area contributed by atoms with Crippen molar-refractivity contribution in [1.29, 1.82) is 0 Å². The van der Waals surface area contributed by atoms with Crippen molar-refractivity contribution < 1.29 is 13.2 Å². The van der Waals surface area contributed by atoms with Crippen LogP contribution in [-0.2, 0) is 6.54 Å². The molecule has 1 saturated carbocycles. The normalized spacial score (nSPS) is 19.3. The summed E-state index contributed by atoms with van der Waals surface area (Å²) in [6.07, 6.45) is 1.94. The largest absolute Gasteiger partial charge is 0.330 e. The number of nitrogens with zero attached hydrogens (tertiary/aromatic N) is 3. The average Bonchev–Trinajstić information content (AvgIpc) is 3.15. The average molecular weight is 354 g/mol. The van der Waals surface area contributed by atoms with Crippen molar-refractivity contribution in [2.24, 2.45) is 16.1 Å². The first-order valence-corrected chi connectivity index (χ1v) is 7.82. The van der Waals surface area contributed by atoms with Crippen molar-refractivity contribution in [1.82, 2.24) is 4.57 Å². The molecule has 0 amide bonds. The van der Waals surface area contributed by atoms with Crippen LogP contribution in [0.25, 0.3) is 11.1 Å². The monoisotopic (exact) mass is 353 g/mol. The minimum atomic E-state index is -2.56. The molecule has 1 unspecified atom stereocenters. The van der Waals surface area contributed by atoms with Gasteiger partial charge in [0.05, 0.1) is 5.02 Å². The van der Waals surface area contributed by atoms with Crippen LogP contribution in [0.5, 0.6) is 0 Å². The Balaban J connectivity index is 1.96. The number of hydrogen-bond donors (Lipinski definition) is 0. The molecule has 3 nitrogen and oxygen atoms in total. The summed E-state index contributed by atoms with van der Waals surface area (Å²) in [4.78, 5) is 0. The van der Waals surface area contributed by atoms with Crippen LogP contribution >= 0.6 is 11.6 Å². The molecule has 1 aromatic heterocycles. The highest BCUT2D eigenvalue weighted by atomic mass is 35.5. The third-order valence-corrected chi connectivity index (χ3v) is 4.47. The first-order chi connectivity index (χ1) is 11.4. The fourth-order valence-electron chi connectivity index (χ4n) is 2.66. The maximum absolute atomic E-state index is 13.4. The molecular formula is C17H15ClF3N3. The first-order valence-electron chi connectivity index (χ1n) is 7.45. The number of halogens is 4. The molecule has 126 valence electrons. The van der Waals surface area contributed by atoms with Gasteiger partial charge in [-0.1, -0.05) is 23.7 Å². The van der Waals surface area contributed by atoms with Crippen LogP contribution in [-0.4, -0.2) is 17.2 Å². The number of benzene rings is 1. The Morgan fingerprint density at radius 2 is 2.08 bits per heavy atom. The second-order valence-corrected chi connectivity index (χ2v) is 6.14. The molecule has 1 atom stereocenters. The fraction of sp³-hybridized carbons (Fsp3) is 0.294. The van der Waals surface area contributed by atoms with Crippen molar-refractivity contribution in [2.75, 3.05) is 0 Å². The van der Waals surface area contributed by atoms with Gasteiger partial charge in [-0.25, -0.2) is 13.2 Å². The summed E-state index contributed by atoms with van der Waals surface area (Å²) < 4.78 is 41.1. The second kappa shape index (κ2) is 6.43. The van der Waals surface area contributed by atoms with E-state index in [4.69, 9.17) is 11.6 Å². The summed E-state index contributed by atoms with van der Waals surface area (Å²) in [5, 5.41) is 7.69. The molecule has 3 rings (SSSR count). The van der Waals surface area contributed by atoms with Crippen molar-refractivity contribution in [3.8, 4) is 11.1 Å². The maximum Gasteiger partial charge on any atom is 0.251 e. The zero-order valence-corrected chi connectivity index (χ0v) is 13.5. The number of alkyl halides is 2. The molecule has 1 aromatic carbocycles. The first kappa shape index (κ1) is 16.8. The minimum Gasteiger partial charge on any atom is -0.330 e. The molecular weight excluding hydrogens is 339 g/mol. The standard InChI is InChI=1S/C17H15ClF3N3/c1-22-23-16-15(18)14(11-3-2-4-13(19)9-11)6-8-24(16)7-5-12-10-17(12,20)21/h2-4,6,8-9,12H,1,5,7,10H2/b23-16-. The summed E-state index contributed by atoms with van der Waals surface area (Å²) in [6, 6.07) is 7.73. The molecule has 7 heteroatoms. The molecule has 24 heavy (non-hydrogen) atoms. The SMILES string of the molecule is C=N/N=c1/c(Cl)c(-c2cccc(F)c2)ccn1CCC1CC1(F)F. The van der Waals surface area contributed by atoms with Gasteiger partial charge < -0.3 is 4.57 Å². The van der Waals surface area contributed by atoms with Crippen LogP contribution in [0.1, 0.15) is 12.8 Å². The predicted molar refractivity (Wildman–Crippen MR) is 87.6 cm³/mol. The summed E-state index contributed by atoms with van der Waals surface area (Å²) >= 11 is 6.39. The van der Waals surface area contributed by atoms with Gasteiger partial charge in [0.15, 0.2) is 5.49 Å². The van der Waals surface area contributed by atoms with Gasteiger partial charge in [0.2, 0.25) is 0 Å². The molecule has 2 aromatic rings. The lowest BCUT2D eigenvalue weighted by Gasteiger charge is -2.12. The van der Waals surface area contributed by atoms with Crippen LogP contribution in [0.2, 0.25) is 5.02 Å². The zero-order valence-electron chi connectivity index (χ0n) is 12.7. The molecule has 0 N–H and O–H groups in total. The van der Waals surface area contributed by atoms with E-state index < -0.39 is 11.8 Å². The van der Waals surface area contributed by atoms with Crippen LogP contribution in [0.4, 0.5) is 13.2 Å². The smallest absolute Gasteiger partial charge is 0.251 e. The van der Waals surface area contributed by atoms with E-state index in [1.54, 1.807) is 29.0 Å². The number of rotatable bonds is 5. The molecule has 0 aliphatic heterocycles. The highest BCUT2D eigenvalue weighted by Gasteiger charge is 2.55. The Hall–Kier alpha value is -2.08. The van der Waals surface area contributed by atoms with Gasteiger partial charge in [-0.2, -0.15) is 5.10 Å². The highest BCUT2D eigenvalue weighted by Crippen LogP contribution is 2.50. The Morgan fingerprint density at radius 3 is 2.71 bits per heavy atom. The van der Waals surface area contributed by atoms with E-state index in [2.05, 4.69) is 16.9 Å². The van der Waals surface area contributed by atoms with Crippen LogP contribution in [0.3, 0.4) is 0 Å². The third-order valence-electron chi connectivity index (χ3n) is 4.10. The maximum atomic E-state index is 13.4. The summed E-state index contributed by atoms with van der Waals surface area (Å²) in [6.45, 7) is 3.66. The van der Waals surface area contributed by atoms with Gasteiger partial charge in [-0.05, 0) is 30.2 Å². The van der Waals surface area contributed by atoms with Crippen LogP contribution in [0, 0.1) is 11.7 Å². The van der Waals surface area contributed by atoms with Gasteiger partial charge in [0, 0.05) is 37.4 Å². The van der Waals surface area contributed by atoms with E-state index in [9.17, 15) is 13.2 Å². The van der Waals surface area contributed by atoms with E-state index in [1.807, 2.05) is 0 Å². The van der Waals surface area contributed by atoms with E-state index in [0.717, 1.165) is 0 Å². The topological polar surface area (TPSA) is 29.6 Å². The zero-order chi connectivity index (χ0) is 17.3. The van der Waals surface area contributed by atoms with E-state index in [-0.39, 0.29) is 17.3 Å². The summed E-state index contributed by atoms with van der Waals surface area (Å²) in [5.41, 5.74) is 1.50. The number of aryl methyl sites for hydroxylation is 1. The number of aromatic nitrogens is 1. The fourth-order valence-corrected chi connectivity index (χ4v) is 2.98. The molecule has 1 aliphatic rings. The van der Waals surface area contributed by atoms with Gasteiger partial charge in [0.25, 0.3) is 5.92 Å². The molecule has 0 saturated heterocycles. The van der Waals surface area contributed by atoms with Crippen molar-refractivity contribution in [2.45, 2.75) is 25.3 Å². The lowest BCUT2D eigenvalue weighted by Crippen LogP contribution is -2.22. The number of pyridine rings is 1. The quantitative estimate of drug-likeness (QED) is 0.559. The molecule has 0 spiro atoms. The molecule has 0 radical (unpaired) electrons. The third kappa shape index (κ3) is 3.38. The lowest BCUT2D eigenvalue weighted by molar-refractivity contribution is 0.0959. The van der Waals surface area contributed by atoms with Crippen molar-refractivity contribution in [3.63, 3.8) is 0 Å². The lowest BCUT2D eigenvalue weighted by atomic mass is 10.1. The summed E-state index contributed by atoms with van der Waals surface area (Å²) in [5.74, 6) is -3.53. The van der Waals surface area contributed by atoms with Gasteiger partial charge in [-0.15, -0.1) is 5.10 Å². The Labute approximate surface area is 142 Å². The van der Waals surface area contributed by atoms with Crippen LogP contribution in [0.15, 0.2) is 46.7 Å². The second-order valence-electron chi connectivity index (χ2n) is 5.76. The Kier molecular flexibility index (Phi) is 4.49. The van der Waals surface area contributed by atoms with Gasteiger partial charge >= 0.3 is 0 Å². The minimum absolute atomic E-state index is 0.0746. The number of hydrogen-bond acceptors (Lipinski definition) is 2. The van der Waals surface area contributed by atoms with E-state index in [0.29, 0.717) is 29.6 Å². The highest BCUT2D eigenvalue weighted by molar-refractivity contribution is 6.33. The van der Waals surface area contributed by atoms with Crippen molar-refractivity contribution in [3.05, 3.63) is 52.9 Å². The van der Waals surface area contributed by atoms with Crippen LogP contribution < -0.4 is 5.49 Å². The van der Waals surface area contributed by atoms with Crippen molar-refractivity contribution >= 4 is 18.3 Å². The van der Waals surface area contributed by atoms with E-state index >= 15 is 0 Å². The van der Waals surface area contributed by atoms with Gasteiger partial charge in [-0.3, -0.25) is 0 Å². The van der Waals surface area contributed by atoms with Gasteiger partial charge in [0.1, 0.15) is 5.82 Å². The molecule has 1 heterocycles. The van der Waals surface area contributed by atoms with E-state index in [1.165, 1.54) is 12.1 Å². The summed E-state index contributed by atoms with van der Waals surface area (Å²) in [7, 11) is 0. The Bertz CT molecular complexity index is 845. The molecule has 1 aliphatic carbocycles. The molecule has 1 fully saturated rings. The molecule has 0 bridgehead atoms. The Morgan fingerprint density at radius 1 is 1.33 bits per heavy atom.